The molecular weight excluding hydrogens is 502 g/mol. The van der Waals surface area contributed by atoms with E-state index in [4.69, 9.17) is 0 Å². The van der Waals surface area contributed by atoms with E-state index in [1.807, 2.05) is 6.92 Å². The molecule has 1 aliphatic heterocycles. The summed E-state index contributed by atoms with van der Waals surface area (Å²) in [6.07, 6.45) is 4.13. The second-order valence-corrected chi connectivity index (χ2v) is 12.2. The summed E-state index contributed by atoms with van der Waals surface area (Å²) in [5.41, 5.74) is 1.27. The SMILES string of the molecule is Cc1ccnc(NS(=O)(=O)c2ccc(NC(=O)c3ccc(S(=O)(=O)N4CCCC[C@H]4C)cc3)cc2)n1. The number of aromatic nitrogens is 2. The van der Waals surface area contributed by atoms with Crippen molar-refractivity contribution in [2.45, 2.75) is 48.9 Å². The van der Waals surface area contributed by atoms with Crippen LogP contribution in [-0.2, 0) is 20.0 Å². The molecule has 2 aromatic carbocycles. The molecule has 0 saturated carbocycles. The van der Waals surface area contributed by atoms with Gasteiger partial charge in [0.1, 0.15) is 0 Å². The number of nitrogens with one attached hydrogen (secondary N) is 2. The number of nitrogens with zero attached hydrogens (tertiary/aromatic N) is 3. The highest BCUT2D eigenvalue weighted by molar-refractivity contribution is 7.92. The van der Waals surface area contributed by atoms with Crippen LogP contribution in [0.2, 0.25) is 0 Å². The molecule has 36 heavy (non-hydrogen) atoms. The number of amides is 1. The lowest BCUT2D eigenvalue weighted by Crippen LogP contribution is -2.41. The molecule has 1 atom stereocenters. The Bertz CT molecular complexity index is 1460. The highest BCUT2D eigenvalue weighted by Crippen LogP contribution is 2.25. The van der Waals surface area contributed by atoms with Gasteiger partial charge in [0.15, 0.2) is 0 Å². The van der Waals surface area contributed by atoms with E-state index in [2.05, 4.69) is 20.0 Å². The third-order valence-corrected chi connectivity index (χ3v) is 9.28. The molecular formula is C24H27N5O5S2. The van der Waals surface area contributed by atoms with Crippen LogP contribution < -0.4 is 10.0 Å². The first kappa shape index (κ1) is 25.7. The number of aryl methyl sites for hydroxylation is 1. The molecule has 0 spiro atoms. The van der Waals surface area contributed by atoms with E-state index in [9.17, 15) is 21.6 Å². The third kappa shape index (κ3) is 5.72. The number of carbonyl (C=O) groups excluding carboxylic acids is 1. The van der Waals surface area contributed by atoms with E-state index in [1.54, 1.807) is 13.0 Å². The molecule has 12 heteroatoms. The molecule has 1 saturated heterocycles. The minimum Gasteiger partial charge on any atom is -0.322 e. The van der Waals surface area contributed by atoms with Gasteiger partial charge in [-0.25, -0.2) is 31.5 Å². The van der Waals surface area contributed by atoms with Crippen LogP contribution in [0.25, 0.3) is 0 Å². The van der Waals surface area contributed by atoms with Crippen molar-refractivity contribution in [2.24, 2.45) is 0 Å². The fourth-order valence-electron chi connectivity index (χ4n) is 3.94. The van der Waals surface area contributed by atoms with Gasteiger partial charge in [0.05, 0.1) is 9.79 Å². The molecule has 1 aromatic heterocycles. The van der Waals surface area contributed by atoms with Crippen LogP contribution >= 0.6 is 0 Å². The van der Waals surface area contributed by atoms with E-state index in [1.165, 1.54) is 59.0 Å². The van der Waals surface area contributed by atoms with Crippen LogP contribution in [0, 0.1) is 6.92 Å². The molecule has 0 radical (unpaired) electrons. The van der Waals surface area contributed by atoms with Crippen LogP contribution in [0.1, 0.15) is 42.2 Å². The standard InChI is InChI=1S/C24H27N5O5S2/c1-17-14-15-25-24(26-17)28-35(31,32)21-12-8-20(9-13-21)27-23(30)19-6-10-22(11-7-19)36(33,34)29-16-4-3-5-18(29)2/h6-15,18H,3-5,16H2,1-2H3,(H,27,30)(H,25,26,28)/t18-/m1/s1. The lowest BCUT2D eigenvalue weighted by molar-refractivity contribution is 0.102. The minimum atomic E-state index is -3.91. The zero-order valence-electron chi connectivity index (χ0n) is 19.9. The van der Waals surface area contributed by atoms with Crippen LogP contribution in [0.4, 0.5) is 11.6 Å². The molecule has 190 valence electrons. The summed E-state index contributed by atoms with van der Waals surface area (Å²) < 4.78 is 55.0. The second-order valence-electron chi connectivity index (χ2n) is 8.59. The fraction of sp³-hybridized carbons (Fsp3) is 0.292. The maximum Gasteiger partial charge on any atom is 0.264 e. The van der Waals surface area contributed by atoms with E-state index in [-0.39, 0.29) is 27.3 Å². The van der Waals surface area contributed by atoms with E-state index >= 15 is 0 Å². The molecule has 10 nitrogen and oxygen atoms in total. The largest absolute Gasteiger partial charge is 0.322 e. The van der Waals surface area contributed by atoms with Crippen LogP contribution in [0.3, 0.4) is 0 Å². The number of benzene rings is 2. The number of hydrogen-bond acceptors (Lipinski definition) is 7. The summed E-state index contributed by atoms with van der Waals surface area (Å²) in [6, 6.07) is 13.0. The van der Waals surface area contributed by atoms with Crippen molar-refractivity contribution < 1.29 is 21.6 Å². The zero-order chi connectivity index (χ0) is 25.9. The van der Waals surface area contributed by atoms with Gasteiger partial charge in [0.2, 0.25) is 16.0 Å². The first-order valence-corrected chi connectivity index (χ1v) is 14.3. The molecule has 2 heterocycles. The van der Waals surface area contributed by atoms with Crippen LogP contribution in [-0.4, -0.2) is 49.6 Å². The highest BCUT2D eigenvalue weighted by Gasteiger charge is 2.31. The third-order valence-electron chi connectivity index (χ3n) is 5.91. The summed E-state index contributed by atoms with van der Waals surface area (Å²) in [5, 5.41) is 2.68. The highest BCUT2D eigenvalue weighted by atomic mass is 32.2. The Morgan fingerprint density at radius 2 is 1.61 bits per heavy atom. The Labute approximate surface area is 210 Å². The van der Waals surface area contributed by atoms with Gasteiger partial charge in [-0.3, -0.25) is 4.79 Å². The number of hydrogen-bond donors (Lipinski definition) is 2. The van der Waals surface area contributed by atoms with Gasteiger partial charge >= 0.3 is 0 Å². The monoisotopic (exact) mass is 529 g/mol. The van der Waals surface area contributed by atoms with Gasteiger partial charge in [0, 0.05) is 35.7 Å². The minimum absolute atomic E-state index is 0.0212. The Kier molecular flexibility index (Phi) is 7.38. The van der Waals surface area contributed by atoms with Crippen molar-refractivity contribution in [3.05, 3.63) is 72.1 Å². The molecule has 1 aliphatic rings. The van der Waals surface area contributed by atoms with Gasteiger partial charge in [0.25, 0.3) is 15.9 Å². The van der Waals surface area contributed by atoms with Crippen molar-refractivity contribution in [1.29, 1.82) is 0 Å². The summed E-state index contributed by atoms with van der Waals surface area (Å²) in [4.78, 5) is 20.7. The van der Waals surface area contributed by atoms with Gasteiger partial charge in [-0.2, -0.15) is 4.31 Å². The summed E-state index contributed by atoms with van der Waals surface area (Å²) >= 11 is 0. The zero-order valence-corrected chi connectivity index (χ0v) is 21.5. The van der Waals surface area contributed by atoms with Gasteiger partial charge in [-0.1, -0.05) is 6.42 Å². The van der Waals surface area contributed by atoms with Crippen molar-refractivity contribution >= 4 is 37.6 Å². The maximum atomic E-state index is 13.0. The van der Waals surface area contributed by atoms with Gasteiger partial charge in [-0.15, -0.1) is 0 Å². The van der Waals surface area contributed by atoms with Crippen molar-refractivity contribution in [2.75, 3.05) is 16.6 Å². The Morgan fingerprint density at radius 1 is 0.944 bits per heavy atom. The molecule has 2 N–H and O–H groups in total. The van der Waals surface area contributed by atoms with E-state index in [0.717, 1.165) is 19.3 Å². The maximum absolute atomic E-state index is 13.0. The number of sulfonamides is 2. The van der Waals surface area contributed by atoms with E-state index in [0.29, 0.717) is 17.9 Å². The molecule has 3 aromatic rings. The average molecular weight is 530 g/mol. The number of rotatable bonds is 7. The molecule has 1 fully saturated rings. The van der Waals surface area contributed by atoms with Crippen LogP contribution in [0.5, 0.6) is 0 Å². The van der Waals surface area contributed by atoms with Gasteiger partial charge in [-0.05, 0) is 81.3 Å². The number of anilines is 2. The van der Waals surface area contributed by atoms with Gasteiger partial charge < -0.3 is 5.32 Å². The first-order chi connectivity index (χ1) is 17.1. The normalized spacial score (nSPS) is 16.9. The lowest BCUT2D eigenvalue weighted by atomic mass is 10.1. The average Bonchev–Trinajstić information content (AvgIpc) is 2.84. The smallest absolute Gasteiger partial charge is 0.264 e. The predicted molar refractivity (Wildman–Crippen MR) is 136 cm³/mol. The number of carbonyl (C=O) groups is 1. The van der Waals surface area contributed by atoms with Crippen molar-refractivity contribution in [3.63, 3.8) is 0 Å². The Balaban J connectivity index is 1.42. The molecule has 4 rings (SSSR count). The fourth-order valence-corrected chi connectivity index (χ4v) is 6.59. The van der Waals surface area contributed by atoms with E-state index < -0.39 is 26.0 Å². The topological polar surface area (TPSA) is 138 Å². The van der Waals surface area contributed by atoms with Crippen molar-refractivity contribution in [3.8, 4) is 0 Å². The first-order valence-electron chi connectivity index (χ1n) is 11.4. The molecule has 0 aliphatic carbocycles. The summed E-state index contributed by atoms with van der Waals surface area (Å²) in [5.74, 6) is -0.486. The molecule has 0 unspecified atom stereocenters. The lowest BCUT2D eigenvalue weighted by Gasteiger charge is -2.32. The Morgan fingerprint density at radius 3 is 2.25 bits per heavy atom. The second kappa shape index (κ2) is 10.3. The van der Waals surface area contributed by atoms with Crippen LogP contribution in [0.15, 0.2) is 70.6 Å². The molecule has 0 bridgehead atoms. The quantitative estimate of drug-likeness (QED) is 0.478. The summed E-state index contributed by atoms with van der Waals surface area (Å²) in [6.45, 7) is 4.12. The molecule has 1 amide bonds. The number of piperidine rings is 1. The predicted octanol–water partition coefficient (Wildman–Crippen LogP) is 3.40. The summed E-state index contributed by atoms with van der Waals surface area (Å²) in [7, 11) is -7.53. The Hall–Kier alpha value is -3.35. The van der Waals surface area contributed by atoms with Crippen molar-refractivity contribution in [1.82, 2.24) is 14.3 Å².